The SMILES string of the molecule is Cc1cccc(C)c1C(Nc1nccnn1)c1cnc2ccccn12. The van der Waals surface area contributed by atoms with Gasteiger partial charge < -0.3 is 9.72 Å². The second-order valence-corrected chi connectivity index (χ2v) is 5.96. The molecule has 1 atom stereocenters. The molecule has 1 N–H and O–H groups in total. The molecule has 0 aliphatic heterocycles. The Morgan fingerprint density at radius 3 is 2.56 bits per heavy atom. The largest absolute Gasteiger partial charge is 0.340 e. The van der Waals surface area contributed by atoms with E-state index in [1.807, 2.05) is 30.6 Å². The average Bonchev–Trinajstić information content (AvgIpc) is 3.05. The summed E-state index contributed by atoms with van der Waals surface area (Å²) in [5.74, 6) is 0.487. The first-order valence-electron chi connectivity index (χ1n) is 8.12. The minimum absolute atomic E-state index is 0.136. The first kappa shape index (κ1) is 15.3. The number of aromatic nitrogens is 5. The van der Waals surface area contributed by atoms with Crippen molar-refractivity contribution >= 4 is 11.6 Å². The number of hydrogen-bond donors (Lipinski definition) is 1. The molecule has 0 radical (unpaired) electrons. The monoisotopic (exact) mass is 330 g/mol. The van der Waals surface area contributed by atoms with Crippen LogP contribution in [-0.2, 0) is 0 Å². The van der Waals surface area contributed by atoms with Crippen molar-refractivity contribution in [2.24, 2.45) is 0 Å². The van der Waals surface area contributed by atoms with Crippen molar-refractivity contribution in [3.63, 3.8) is 0 Å². The van der Waals surface area contributed by atoms with E-state index in [9.17, 15) is 0 Å². The van der Waals surface area contributed by atoms with Gasteiger partial charge in [-0.1, -0.05) is 24.3 Å². The van der Waals surface area contributed by atoms with Gasteiger partial charge in [-0.2, -0.15) is 5.10 Å². The molecule has 1 aromatic carbocycles. The number of fused-ring (bicyclic) bond motifs is 1. The summed E-state index contributed by atoms with van der Waals surface area (Å²) in [6.45, 7) is 4.23. The molecule has 0 spiro atoms. The molecule has 4 aromatic rings. The lowest BCUT2D eigenvalue weighted by molar-refractivity contribution is 0.822. The average molecular weight is 330 g/mol. The predicted molar refractivity (Wildman–Crippen MR) is 96.4 cm³/mol. The van der Waals surface area contributed by atoms with Gasteiger partial charge in [0.25, 0.3) is 0 Å². The van der Waals surface area contributed by atoms with Crippen LogP contribution in [-0.4, -0.2) is 24.6 Å². The molecule has 0 aliphatic rings. The van der Waals surface area contributed by atoms with Crippen LogP contribution < -0.4 is 5.32 Å². The molecule has 0 aliphatic carbocycles. The van der Waals surface area contributed by atoms with E-state index in [1.54, 1.807) is 12.4 Å². The van der Waals surface area contributed by atoms with Gasteiger partial charge in [0, 0.05) is 6.20 Å². The Kier molecular flexibility index (Phi) is 3.85. The minimum Gasteiger partial charge on any atom is -0.340 e. The number of rotatable bonds is 4. The maximum atomic E-state index is 4.53. The molecular weight excluding hydrogens is 312 g/mol. The molecule has 6 heteroatoms. The van der Waals surface area contributed by atoms with Crippen molar-refractivity contribution in [1.29, 1.82) is 0 Å². The van der Waals surface area contributed by atoms with Gasteiger partial charge in [-0.25, -0.2) is 9.97 Å². The van der Waals surface area contributed by atoms with E-state index >= 15 is 0 Å². The molecule has 6 nitrogen and oxygen atoms in total. The van der Waals surface area contributed by atoms with E-state index in [0.29, 0.717) is 5.95 Å². The van der Waals surface area contributed by atoms with Gasteiger partial charge in [0.1, 0.15) is 5.65 Å². The summed E-state index contributed by atoms with van der Waals surface area (Å²) in [7, 11) is 0. The summed E-state index contributed by atoms with van der Waals surface area (Å²) in [6.07, 6.45) is 7.11. The lowest BCUT2D eigenvalue weighted by atomic mass is 9.94. The first-order valence-corrected chi connectivity index (χ1v) is 8.12. The Labute approximate surface area is 145 Å². The zero-order chi connectivity index (χ0) is 17.2. The number of imidazole rings is 1. The lowest BCUT2D eigenvalue weighted by Crippen LogP contribution is -2.18. The molecule has 3 heterocycles. The third-order valence-corrected chi connectivity index (χ3v) is 4.33. The molecule has 0 saturated heterocycles. The maximum Gasteiger partial charge on any atom is 0.243 e. The number of aryl methyl sites for hydroxylation is 2. The predicted octanol–water partition coefficient (Wildman–Crippen LogP) is 3.34. The number of anilines is 1. The van der Waals surface area contributed by atoms with E-state index in [1.165, 1.54) is 16.7 Å². The van der Waals surface area contributed by atoms with Gasteiger partial charge in [0.15, 0.2) is 0 Å². The number of hydrogen-bond acceptors (Lipinski definition) is 5. The zero-order valence-electron chi connectivity index (χ0n) is 14.1. The normalized spacial score (nSPS) is 12.2. The fourth-order valence-corrected chi connectivity index (χ4v) is 3.19. The van der Waals surface area contributed by atoms with Gasteiger partial charge >= 0.3 is 0 Å². The highest BCUT2D eigenvalue weighted by Gasteiger charge is 2.22. The van der Waals surface area contributed by atoms with Crippen molar-refractivity contribution in [3.05, 3.63) is 83.6 Å². The van der Waals surface area contributed by atoms with Crippen LogP contribution in [0.3, 0.4) is 0 Å². The smallest absolute Gasteiger partial charge is 0.243 e. The molecule has 0 bridgehead atoms. The molecule has 25 heavy (non-hydrogen) atoms. The van der Waals surface area contributed by atoms with Gasteiger partial charge in [-0.15, -0.1) is 5.10 Å². The van der Waals surface area contributed by atoms with Crippen LogP contribution in [0, 0.1) is 13.8 Å². The number of nitrogens with one attached hydrogen (secondary N) is 1. The molecule has 0 saturated carbocycles. The van der Waals surface area contributed by atoms with Crippen LogP contribution in [0.4, 0.5) is 5.95 Å². The molecule has 1 unspecified atom stereocenters. The fourth-order valence-electron chi connectivity index (χ4n) is 3.19. The zero-order valence-corrected chi connectivity index (χ0v) is 14.1. The van der Waals surface area contributed by atoms with Crippen LogP contribution in [0.2, 0.25) is 0 Å². The number of pyridine rings is 1. The molecular formula is C19H18N6. The van der Waals surface area contributed by atoms with E-state index in [-0.39, 0.29) is 6.04 Å². The fraction of sp³-hybridized carbons (Fsp3) is 0.158. The van der Waals surface area contributed by atoms with Crippen LogP contribution >= 0.6 is 0 Å². The third kappa shape index (κ3) is 2.82. The van der Waals surface area contributed by atoms with Crippen LogP contribution in [0.15, 0.2) is 61.2 Å². The van der Waals surface area contributed by atoms with E-state index < -0.39 is 0 Å². The Morgan fingerprint density at radius 2 is 1.80 bits per heavy atom. The van der Waals surface area contributed by atoms with Crippen LogP contribution in [0.5, 0.6) is 0 Å². The van der Waals surface area contributed by atoms with Gasteiger partial charge in [0.05, 0.1) is 30.3 Å². The highest BCUT2D eigenvalue weighted by molar-refractivity contribution is 5.49. The topological polar surface area (TPSA) is 68.0 Å². The highest BCUT2D eigenvalue weighted by Crippen LogP contribution is 2.30. The number of benzene rings is 1. The molecule has 0 fully saturated rings. The Hall–Kier alpha value is -3.28. The Bertz CT molecular complexity index is 989. The third-order valence-electron chi connectivity index (χ3n) is 4.33. The summed E-state index contributed by atoms with van der Waals surface area (Å²) in [6, 6.07) is 12.1. The quantitative estimate of drug-likeness (QED) is 0.621. The summed E-state index contributed by atoms with van der Waals surface area (Å²) in [5.41, 5.74) is 5.53. The van der Waals surface area contributed by atoms with Gasteiger partial charge in [-0.3, -0.25) is 0 Å². The van der Waals surface area contributed by atoms with Crippen molar-refractivity contribution in [2.75, 3.05) is 5.32 Å². The van der Waals surface area contributed by atoms with E-state index in [4.69, 9.17) is 0 Å². The van der Waals surface area contributed by atoms with Crippen molar-refractivity contribution in [1.82, 2.24) is 24.6 Å². The van der Waals surface area contributed by atoms with E-state index in [2.05, 4.69) is 61.9 Å². The Balaban J connectivity index is 1.90. The summed E-state index contributed by atoms with van der Waals surface area (Å²) in [4.78, 5) is 8.81. The Morgan fingerprint density at radius 1 is 0.960 bits per heavy atom. The number of nitrogens with zero attached hydrogens (tertiary/aromatic N) is 5. The minimum atomic E-state index is -0.136. The first-order chi connectivity index (χ1) is 12.2. The molecule has 4 rings (SSSR count). The van der Waals surface area contributed by atoms with Crippen LogP contribution in [0.1, 0.15) is 28.4 Å². The lowest BCUT2D eigenvalue weighted by Gasteiger charge is -2.22. The standard InChI is InChI=1S/C19H18N6/c1-13-6-5-7-14(2)17(13)18(23-19-20-9-10-22-24-19)15-12-21-16-8-3-4-11-25(15)16/h3-12,18H,1-2H3,(H,20,23,24). The maximum absolute atomic E-state index is 4.53. The molecule has 0 amide bonds. The summed E-state index contributed by atoms with van der Waals surface area (Å²) in [5, 5.41) is 11.4. The van der Waals surface area contributed by atoms with Crippen molar-refractivity contribution < 1.29 is 0 Å². The summed E-state index contributed by atoms with van der Waals surface area (Å²) < 4.78 is 2.08. The highest BCUT2D eigenvalue weighted by atomic mass is 15.2. The second kappa shape index (κ2) is 6.32. The molecule has 124 valence electrons. The van der Waals surface area contributed by atoms with Crippen LogP contribution in [0.25, 0.3) is 5.65 Å². The van der Waals surface area contributed by atoms with E-state index in [0.717, 1.165) is 11.3 Å². The van der Waals surface area contributed by atoms with Crippen molar-refractivity contribution in [3.8, 4) is 0 Å². The van der Waals surface area contributed by atoms with Crippen molar-refractivity contribution in [2.45, 2.75) is 19.9 Å². The summed E-state index contributed by atoms with van der Waals surface area (Å²) >= 11 is 0. The van der Waals surface area contributed by atoms with Gasteiger partial charge in [0.2, 0.25) is 5.95 Å². The second-order valence-electron chi connectivity index (χ2n) is 5.96. The molecule has 3 aromatic heterocycles. The van der Waals surface area contributed by atoms with Gasteiger partial charge in [-0.05, 0) is 42.7 Å².